The molecule has 2 aromatic carbocycles. The second kappa shape index (κ2) is 9.94. The van der Waals surface area contributed by atoms with Crippen LogP contribution in [0.5, 0.6) is 0 Å². The van der Waals surface area contributed by atoms with Gasteiger partial charge in [0.25, 0.3) is 10.1 Å². The van der Waals surface area contributed by atoms with Gasteiger partial charge in [0.1, 0.15) is 0 Å². The Labute approximate surface area is 183 Å². The smallest absolute Gasteiger partial charge is 0.338 e. The van der Waals surface area contributed by atoms with Crippen molar-refractivity contribution < 1.29 is 28.5 Å². The molecule has 8 nitrogen and oxygen atoms in total. The maximum absolute atomic E-state index is 12.6. The Bertz CT molecular complexity index is 987. The van der Waals surface area contributed by atoms with E-state index in [2.05, 4.69) is 0 Å². The molecule has 0 radical (unpaired) electrons. The highest BCUT2D eigenvalue weighted by molar-refractivity contribution is 8.27. The Morgan fingerprint density at radius 3 is 1.42 bits per heavy atom. The Morgan fingerprint density at radius 1 is 0.742 bits per heavy atom. The molecule has 0 aliphatic carbocycles. The third-order valence-electron chi connectivity index (χ3n) is 4.20. The van der Waals surface area contributed by atoms with Gasteiger partial charge in [-0.3, -0.25) is 0 Å². The van der Waals surface area contributed by atoms with Crippen molar-refractivity contribution >= 4 is 45.2 Å². The molecule has 0 amide bonds. The summed E-state index contributed by atoms with van der Waals surface area (Å²) in [5.41, 5.74) is 1.33. The molecule has 9 heteroatoms. The van der Waals surface area contributed by atoms with E-state index in [-0.39, 0.29) is 13.2 Å². The summed E-state index contributed by atoms with van der Waals surface area (Å²) in [5.74, 6) is -0.915. The Hall–Kier alpha value is -3.59. The Balaban J connectivity index is 1.77. The van der Waals surface area contributed by atoms with Crippen molar-refractivity contribution in [3.8, 4) is 0 Å². The number of hydrogen-bond acceptors (Lipinski definition) is 7. The van der Waals surface area contributed by atoms with Gasteiger partial charge in [-0.1, -0.05) is 0 Å². The van der Waals surface area contributed by atoms with Crippen molar-refractivity contribution in [2.24, 2.45) is 0 Å². The average Bonchev–Trinajstić information content (AvgIpc) is 3.29. The second-order valence-corrected chi connectivity index (χ2v) is 7.28. The molecule has 3 rings (SSSR count). The number of carbonyl (C=O) groups is 2. The first kappa shape index (κ1) is 22.1. The van der Waals surface area contributed by atoms with E-state index in [0.717, 1.165) is 11.8 Å². The number of thioether (sulfide) groups is 1. The average molecular weight is 440 g/mol. The molecule has 0 unspecified atom stereocenters. The van der Waals surface area contributed by atoms with E-state index < -0.39 is 11.9 Å². The molecule has 0 spiro atoms. The first-order chi connectivity index (χ1) is 14.9. The zero-order chi connectivity index (χ0) is 22.4. The maximum atomic E-state index is 12.6. The SMILES string of the molecule is CCOC(=O)c1ccc(/[N+]([O-])=C2C=C/C(=[N+](\[O-])c3ccc(C(=O)OCC)cc3)S\2)cc1. The highest BCUT2D eigenvalue weighted by atomic mass is 32.2. The van der Waals surface area contributed by atoms with Gasteiger partial charge >= 0.3 is 11.9 Å². The monoisotopic (exact) mass is 440 g/mol. The lowest BCUT2D eigenvalue weighted by molar-refractivity contribution is -0.357. The number of carbonyl (C=O) groups excluding carboxylic acids is 2. The molecule has 0 aromatic heterocycles. The fraction of sp³-hybridized carbons (Fsp3) is 0.182. The van der Waals surface area contributed by atoms with Gasteiger partial charge in [0.05, 0.1) is 36.1 Å². The molecule has 160 valence electrons. The van der Waals surface area contributed by atoms with Gasteiger partial charge in [0, 0.05) is 36.4 Å². The largest absolute Gasteiger partial charge is 0.617 e. The normalized spacial score (nSPS) is 16.1. The third-order valence-corrected chi connectivity index (χ3v) is 5.23. The fourth-order valence-corrected chi connectivity index (χ4v) is 3.55. The van der Waals surface area contributed by atoms with E-state index in [0.29, 0.717) is 42.1 Å². The van der Waals surface area contributed by atoms with Gasteiger partial charge in [-0.25, -0.2) is 9.59 Å². The minimum Gasteiger partial charge on any atom is -0.617 e. The first-order valence-electron chi connectivity index (χ1n) is 9.53. The van der Waals surface area contributed by atoms with Crippen LogP contribution in [0, 0.1) is 10.4 Å². The van der Waals surface area contributed by atoms with Crippen LogP contribution in [0.2, 0.25) is 0 Å². The molecule has 1 heterocycles. The summed E-state index contributed by atoms with van der Waals surface area (Å²) < 4.78 is 11.2. The summed E-state index contributed by atoms with van der Waals surface area (Å²) in [5, 5.41) is 25.9. The third kappa shape index (κ3) is 5.13. The Morgan fingerprint density at radius 2 is 1.10 bits per heavy atom. The standard InChI is InChI=1S/C22H20N2O6S/c1-3-29-21(25)15-5-9-17(10-6-15)23(27)19-13-14-20(31-19)24(28)18-11-7-16(8-12-18)22(26)30-4-2/h5-14H,3-4H2,1-2H3/b23-19-,24-20+. The molecular formula is C22H20N2O6S. The zero-order valence-corrected chi connectivity index (χ0v) is 17.8. The number of hydrogen-bond donors (Lipinski definition) is 0. The predicted molar refractivity (Wildman–Crippen MR) is 118 cm³/mol. The van der Waals surface area contributed by atoms with Crippen LogP contribution in [0.3, 0.4) is 0 Å². The van der Waals surface area contributed by atoms with Crippen LogP contribution in [-0.4, -0.2) is 44.7 Å². The summed E-state index contributed by atoms with van der Waals surface area (Å²) in [7, 11) is 0. The van der Waals surface area contributed by atoms with Crippen molar-refractivity contribution in [2.75, 3.05) is 13.2 Å². The topological polar surface area (TPSA) is 105 Å². The van der Waals surface area contributed by atoms with Crippen LogP contribution in [0.1, 0.15) is 34.6 Å². The van der Waals surface area contributed by atoms with Gasteiger partial charge in [0.15, 0.2) is 0 Å². The highest BCUT2D eigenvalue weighted by Crippen LogP contribution is 2.25. The quantitative estimate of drug-likeness (QED) is 0.288. The minimum atomic E-state index is -0.458. The number of rotatable bonds is 6. The number of ether oxygens (including phenoxy) is 2. The van der Waals surface area contributed by atoms with Gasteiger partial charge in [-0.15, -0.1) is 0 Å². The van der Waals surface area contributed by atoms with Crippen molar-refractivity contribution in [3.63, 3.8) is 0 Å². The Kier molecular flexibility index (Phi) is 7.09. The minimum absolute atomic E-state index is 0.267. The van der Waals surface area contributed by atoms with Crippen LogP contribution in [0.25, 0.3) is 0 Å². The van der Waals surface area contributed by atoms with E-state index in [9.17, 15) is 20.0 Å². The van der Waals surface area contributed by atoms with Crippen LogP contribution < -0.4 is 0 Å². The summed E-state index contributed by atoms with van der Waals surface area (Å²) in [6.45, 7) is 3.97. The first-order valence-corrected chi connectivity index (χ1v) is 10.3. The van der Waals surface area contributed by atoms with Crippen molar-refractivity contribution in [3.05, 3.63) is 82.2 Å². The molecule has 1 aliphatic heterocycles. The predicted octanol–water partition coefficient (Wildman–Crippen LogP) is 4.12. The van der Waals surface area contributed by atoms with Gasteiger partial charge in [-0.05, 0) is 38.1 Å². The van der Waals surface area contributed by atoms with E-state index in [1.165, 1.54) is 48.5 Å². The fourth-order valence-electron chi connectivity index (χ4n) is 2.69. The molecule has 0 bridgehead atoms. The van der Waals surface area contributed by atoms with E-state index >= 15 is 0 Å². The molecule has 0 fully saturated rings. The maximum Gasteiger partial charge on any atom is 0.338 e. The molecule has 1 aliphatic rings. The highest BCUT2D eigenvalue weighted by Gasteiger charge is 2.25. The number of nitrogens with zero attached hydrogens (tertiary/aromatic N) is 2. The molecule has 0 N–H and O–H groups in total. The van der Waals surface area contributed by atoms with Gasteiger partial charge in [0.2, 0.25) is 11.4 Å². The summed E-state index contributed by atoms with van der Waals surface area (Å²) in [6, 6.07) is 12.1. The number of benzene rings is 2. The van der Waals surface area contributed by atoms with Crippen LogP contribution >= 0.6 is 11.8 Å². The molecule has 0 atom stereocenters. The van der Waals surface area contributed by atoms with E-state index in [1.807, 2.05) is 0 Å². The van der Waals surface area contributed by atoms with Crippen LogP contribution in [-0.2, 0) is 9.47 Å². The summed E-state index contributed by atoms with van der Waals surface area (Å²) >= 11 is 1.02. The summed E-state index contributed by atoms with van der Waals surface area (Å²) in [4.78, 5) is 23.4. The second-order valence-electron chi connectivity index (χ2n) is 6.24. The summed E-state index contributed by atoms with van der Waals surface area (Å²) in [6.07, 6.45) is 3.09. The van der Waals surface area contributed by atoms with Crippen molar-refractivity contribution in [1.29, 1.82) is 0 Å². The molecule has 31 heavy (non-hydrogen) atoms. The molecule has 2 aromatic rings. The van der Waals surface area contributed by atoms with Crippen molar-refractivity contribution in [1.82, 2.24) is 0 Å². The lowest BCUT2D eigenvalue weighted by atomic mass is 10.2. The van der Waals surface area contributed by atoms with Gasteiger partial charge < -0.3 is 19.9 Å². The molecular weight excluding hydrogens is 420 g/mol. The number of esters is 2. The van der Waals surface area contributed by atoms with Crippen molar-refractivity contribution in [2.45, 2.75) is 13.8 Å². The van der Waals surface area contributed by atoms with E-state index in [4.69, 9.17) is 9.47 Å². The molecule has 0 saturated heterocycles. The lowest BCUT2D eigenvalue weighted by Gasteiger charge is -2.07. The molecule has 0 saturated carbocycles. The van der Waals surface area contributed by atoms with E-state index in [1.54, 1.807) is 26.0 Å². The lowest BCUT2D eigenvalue weighted by Crippen LogP contribution is -2.09. The zero-order valence-electron chi connectivity index (χ0n) is 16.9. The van der Waals surface area contributed by atoms with Gasteiger partial charge in [-0.2, -0.15) is 9.48 Å². The van der Waals surface area contributed by atoms with Crippen LogP contribution in [0.15, 0.2) is 60.7 Å². The van der Waals surface area contributed by atoms with Crippen LogP contribution in [0.4, 0.5) is 11.4 Å².